The monoisotopic (exact) mass is 630 g/mol. The number of sulfone groups is 1. The van der Waals surface area contributed by atoms with Crippen LogP contribution in [-0.2, 0) is 16.4 Å². The van der Waals surface area contributed by atoms with E-state index in [4.69, 9.17) is 4.74 Å². The molecule has 2 heterocycles. The van der Waals surface area contributed by atoms with Crippen LogP contribution in [-0.4, -0.2) is 25.2 Å². The van der Waals surface area contributed by atoms with Gasteiger partial charge in [-0.2, -0.15) is 0 Å². The number of allylic oxidation sites excluding steroid dienone is 1. The zero-order valence-corrected chi connectivity index (χ0v) is 25.6. The number of halogens is 2. The van der Waals surface area contributed by atoms with Crippen LogP contribution in [0.15, 0.2) is 102 Å². The molecule has 1 amide bonds. The smallest absolute Gasteiger partial charge is 0.262 e. The Morgan fingerprint density at radius 2 is 1.73 bits per heavy atom. The lowest BCUT2D eigenvalue weighted by molar-refractivity contribution is 0.0976. The lowest BCUT2D eigenvalue weighted by Crippen LogP contribution is -2.42. The molecule has 0 spiro atoms. The van der Waals surface area contributed by atoms with Gasteiger partial charge >= 0.3 is 0 Å². The highest BCUT2D eigenvalue weighted by Crippen LogP contribution is 2.52. The van der Waals surface area contributed by atoms with E-state index >= 15 is 8.78 Å². The summed E-state index contributed by atoms with van der Waals surface area (Å²) in [5.41, 5.74) is 0.119. The summed E-state index contributed by atoms with van der Waals surface area (Å²) in [6, 6.07) is 21.6. The minimum absolute atomic E-state index is 0.0657. The number of hydrogen-bond acceptors (Lipinski definition) is 6. The highest BCUT2D eigenvalue weighted by Gasteiger charge is 2.48. The van der Waals surface area contributed by atoms with E-state index < -0.39 is 38.8 Å². The fourth-order valence-corrected chi connectivity index (χ4v) is 8.50. The summed E-state index contributed by atoms with van der Waals surface area (Å²) in [5, 5.41) is 14.1. The Bertz CT molecular complexity index is 1930. The first-order valence-corrected chi connectivity index (χ1v) is 16.3. The van der Waals surface area contributed by atoms with Crippen LogP contribution in [0.3, 0.4) is 0 Å². The van der Waals surface area contributed by atoms with Crippen LogP contribution in [0.4, 0.5) is 20.2 Å². The van der Waals surface area contributed by atoms with Crippen molar-refractivity contribution in [3.05, 3.63) is 130 Å². The van der Waals surface area contributed by atoms with Crippen LogP contribution < -0.4 is 15.0 Å². The van der Waals surface area contributed by atoms with Crippen LogP contribution in [0.25, 0.3) is 0 Å². The first-order valence-electron chi connectivity index (χ1n) is 14.6. The number of benzene rings is 4. The van der Waals surface area contributed by atoms with Gasteiger partial charge in [-0.15, -0.1) is 0 Å². The molecule has 10 heteroatoms. The summed E-state index contributed by atoms with van der Waals surface area (Å²) in [6.45, 7) is 3.92. The molecular weight excluding hydrogens is 598 g/mol. The van der Waals surface area contributed by atoms with Crippen molar-refractivity contribution in [3.63, 3.8) is 0 Å². The number of nitrogens with one attached hydrogen (secondary N) is 1. The van der Waals surface area contributed by atoms with E-state index in [0.717, 1.165) is 22.6 Å². The van der Waals surface area contributed by atoms with Crippen LogP contribution in [0.2, 0.25) is 0 Å². The van der Waals surface area contributed by atoms with Gasteiger partial charge in [0, 0.05) is 17.3 Å². The average molecular weight is 631 g/mol. The third kappa shape index (κ3) is 5.66. The predicted molar refractivity (Wildman–Crippen MR) is 169 cm³/mol. The van der Waals surface area contributed by atoms with Gasteiger partial charge in [0.05, 0.1) is 21.9 Å². The third-order valence-corrected chi connectivity index (χ3v) is 10.7. The van der Waals surface area contributed by atoms with Gasteiger partial charge in [-0.1, -0.05) is 62.4 Å². The van der Waals surface area contributed by atoms with E-state index in [1.165, 1.54) is 48.5 Å². The molecule has 6 rings (SSSR count). The molecule has 0 aromatic heterocycles. The number of nitrogens with zero attached hydrogens (tertiary/aromatic N) is 1. The summed E-state index contributed by atoms with van der Waals surface area (Å²) in [6.07, 6.45) is 0.784. The zero-order valence-electron chi connectivity index (χ0n) is 24.8. The average Bonchev–Trinajstić information content (AvgIpc) is 3.16. The molecular formula is C35H32F2N2O5S. The molecule has 2 atom stereocenters. The summed E-state index contributed by atoms with van der Waals surface area (Å²) < 4.78 is 65.8. The van der Waals surface area contributed by atoms with Crippen LogP contribution in [0.5, 0.6) is 11.5 Å². The number of amides is 1. The van der Waals surface area contributed by atoms with Crippen molar-refractivity contribution in [2.24, 2.45) is 5.41 Å². The molecule has 0 aliphatic carbocycles. The molecule has 0 bridgehead atoms. The Morgan fingerprint density at radius 1 is 1.00 bits per heavy atom. The summed E-state index contributed by atoms with van der Waals surface area (Å²) in [5.74, 6) is -2.83. The second kappa shape index (κ2) is 11.7. The maximum Gasteiger partial charge on any atom is 0.262 e. The molecule has 4 aromatic rings. The van der Waals surface area contributed by atoms with Crippen molar-refractivity contribution < 1.29 is 31.8 Å². The zero-order chi connectivity index (χ0) is 31.9. The fourth-order valence-electron chi connectivity index (χ4n) is 6.05. The Labute approximate surface area is 260 Å². The van der Waals surface area contributed by atoms with Crippen LogP contribution in [0.1, 0.15) is 54.2 Å². The van der Waals surface area contributed by atoms with Gasteiger partial charge in [0.2, 0.25) is 0 Å². The van der Waals surface area contributed by atoms with Gasteiger partial charge in [-0.05, 0) is 60.2 Å². The number of phenols is 1. The molecule has 2 N–H and O–H groups in total. The molecule has 0 saturated heterocycles. The van der Waals surface area contributed by atoms with Gasteiger partial charge in [0.1, 0.15) is 41.5 Å². The van der Waals surface area contributed by atoms with E-state index in [2.05, 4.69) is 5.32 Å². The second-order valence-electron chi connectivity index (χ2n) is 11.8. The van der Waals surface area contributed by atoms with Crippen LogP contribution in [0, 0.1) is 17.0 Å². The van der Waals surface area contributed by atoms with E-state index in [-0.39, 0.29) is 63.4 Å². The third-order valence-electron chi connectivity index (χ3n) is 8.53. The van der Waals surface area contributed by atoms with E-state index in [1.807, 2.05) is 44.2 Å². The number of anilines is 2. The molecule has 4 aromatic carbocycles. The molecule has 7 nitrogen and oxygen atoms in total. The summed E-state index contributed by atoms with van der Waals surface area (Å²) in [4.78, 5) is 15.2. The molecule has 2 aliphatic rings. The maximum absolute atomic E-state index is 16.3. The van der Waals surface area contributed by atoms with Gasteiger partial charge in [-0.3, -0.25) is 9.69 Å². The number of carbonyl (C=O) groups excluding carboxylic acids is 1. The molecule has 232 valence electrons. The Morgan fingerprint density at radius 3 is 2.44 bits per heavy atom. The van der Waals surface area contributed by atoms with Gasteiger partial charge in [0.25, 0.3) is 5.91 Å². The molecule has 0 fully saturated rings. The number of para-hydroxylation sites is 1. The highest BCUT2D eigenvalue weighted by atomic mass is 32.2. The van der Waals surface area contributed by atoms with Crippen molar-refractivity contribution in [1.29, 1.82) is 0 Å². The number of rotatable bonds is 6. The van der Waals surface area contributed by atoms with Gasteiger partial charge < -0.3 is 15.2 Å². The standard InChI is InChI=1S/C35H32F2N2O5S/c1-3-35(2)19-28-33(45(42,43)21-35)32(24-17-16-23(18-27(24)37)44-20-22-10-5-4-6-11-22)39(29-14-9-15-30(40)31(29)38-28)34(41)25-12-7-8-13-26(25)36/h4-18,32,38,40H,3,19-21H2,1-2H3. The molecule has 45 heavy (non-hydrogen) atoms. The summed E-state index contributed by atoms with van der Waals surface area (Å²) in [7, 11) is -4.14. The number of fused-ring (bicyclic) bond motifs is 1. The number of phenolic OH excluding ortho intramolecular Hbond substituents is 1. The first-order chi connectivity index (χ1) is 21.5. The Kier molecular flexibility index (Phi) is 7.86. The lowest BCUT2D eigenvalue weighted by atomic mass is 9.83. The van der Waals surface area contributed by atoms with Gasteiger partial charge in [0.15, 0.2) is 9.84 Å². The largest absolute Gasteiger partial charge is 0.506 e. The highest BCUT2D eigenvalue weighted by molar-refractivity contribution is 7.95. The number of ether oxygens (including phenoxy) is 1. The predicted octanol–water partition coefficient (Wildman–Crippen LogP) is 7.51. The Balaban J connectivity index is 1.57. The SMILES string of the molecule is CCC1(C)CC2=C(C(c3ccc(OCc4ccccc4)cc3F)N(C(=O)c3ccccc3F)c3cccc(O)c3N2)S(=O)(=O)C1. The van der Waals surface area contributed by atoms with Crippen molar-refractivity contribution in [2.75, 3.05) is 16.0 Å². The van der Waals surface area contributed by atoms with Crippen LogP contribution >= 0.6 is 0 Å². The van der Waals surface area contributed by atoms with Crippen molar-refractivity contribution in [1.82, 2.24) is 0 Å². The van der Waals surface area contributed by atoms with E-state index in [1.54, 1.807) is 0 Å². The topological polar surface area (TPSA) is 95.9 Å². The van der Waals surface area contributed by atoms with Crippen molar-refractivity contribution >= 4 is 27.1 Å². The minimum Gasteiger partial charge on any atom is -0.506 e. The van der Waals surface area contributed by atoms with Gasteiger partial charge in [-0.25, -0.2) is 17.2 Å². The van der Waals surface area contributed by atoms with Crippen molar-refractivity contribution in [3.8, 4) is 11.5 Å². The molecule has 0 radical (unpaired) electrons. The number of hydrogen-bond donors (Lipinski definition) is 2. The quantitative estimate of drug-likeness (QED) is 0.214. The fraction of sp³-hybridized carbons (Fsp3) is 0.229. The van der Waals surface area contributed by atoms with E-state index in [0.29, 0.717) is 6.42 Å². The van der Waals surface area contributed by atoms with E-state index in [9.17, 15) is 18.3 Å². The van der Waals surface area contributed by atoms with Crippen molar-refractivity contribution in [2.45, 2.75) is 39.3 Å². The summed E-state index contributed by atoms with van der Waals surface area (Å²) >= 11 is 0. The number of aromatic hydroxyl groups is 1. The maximum atomic E-state index is 16.3. The first kappa shape index (κ1) is 30.3. The Hall–Kier alpha value is -4.70. The second-order valence-corrected chi connectivity index (χ2v) is 13.7. The number of carbonyl (C=O) groups is 1. The lowest BCUT2D eigenvalue weighted by Gasteiger charge is -2.38. The molecule has 2 unspecified atom stereocenters. The normalized spacial score (nSPS) is 20.4. The molecule has 2 aliphatic heterocycles. The molecule has 0 saturated carbocycles. The minimum atomic E-state index is -4.14.